The fourth-order valence-electron chi connectivity index (χ4n) is 2.55. The van der Waals surface area contributed by atoms with Gasteiger partial charge in [-0.2, -0.15) is 0 Å². The van der Waals surface area contributed by atoms with Gasteiger partial charge < -0.3 is 10.1 Å². The van der Waals surface area contributed by atoms with E-state index < -0.39 is 0 Å². The molecule has 1 aliphatic heterocycles. The summed E-state index contributed by atoms with van der Waals surface area (Å²) in [6.07, 6.45) is 1.34. The van der Waals surface area contributed by atoms with Crippen LogP contribution in [0.3, 0.4) is 0 Å². The highest BCUT2D eigenvalue weighted by molar-refractivity contribution is 4.96. The largest absolute Gasteiger partial charge is 0.379 e. The second-order valence-corrected chi connectivity index (χ2v) is 5.90. The van der Waals surface area contributed by atoms with Crippen LogP contribution in [0.4, 0.5) is 0 Å². The normalized spacial score (nSPS) is 46.3. The summed E-state index contributed by atoms with van der Waals surface area (Å²) < 4.78 is 5.54. The van der Waals surface area contributed by atoms with Crippen molar-refractivity contribution in [2.75, 3.05) is 13.2 Å². The van der Waals surface area contributed by atoms with Crippen molar-refractivity contribution in [2.24, 2.45) is 17.3 Å². The molecule has 1 heterocycles. The fraction of sp³-hybridized carbons (Fsp3) is 1.00. The van der Waals surface area contributed by atoms with Crippen LogP contribution in [0, 0.1) is 17.3 Å². The third-order valence-corrected chi connectivity index (χ3v) is 4.28. The summed E-state index contributed by atoms with van der Waals surface area (Å²) in [6, 6.07) is 1.29. The van der Waals surface area contributed by atoms with Gasteiger partial charge in [-0.3, -0.25) is 0 Å². The van der Waals surface area contributed by atoms with Gasteiger partial charge in [-0.25, -0.2) is 0 Å². The average Bonchev–Trinajstić information content (AvgIpc) is 2.45. The van der Waals surface area contributed by atoms with Crippen LogP contribution in [0.1, 0.15) is 34.1 Å². The second-order valence-electron chi connectivity index (χ2n) is 5.90. The van der Waals surface area contributed by atoms with Gasteiger partial charge in [0.2, 0.25) is 0 Å². The van der Waals surface area contributed by atoms with Crippen molar-refractivity contribution in [3.63, 3.8) is 0 Å². The van der Waals surface area contributed by atoms with E-state index in [2.05, 4.69) is 33.0 Å². The number of hydrogen-bond acceptors (Lipinski definition) is 2. The quantitative estimate of drug-likeness (QED) is 0.731. The average molecular weight is 197 g/mol. The third-order valence-electron chi connectivity index (χ3n) is 4.28. The molecule has 0 aromatic heterocycles. The van der Waals surface area contributed by atoms with Gasteiger partial charge in [-0.05, 0) is 18.3 Å². The first-order valence-corrected chi connectivity index (χ1v) is 5.84. The minimum Gasteiger partial charge on any atom is -0.379 e. The van der Waals surface area contributed by atoms with Crippen molar-refractivity contribution >= 4 is 0 Å². The molecular weight excluding hydrogens is 174 g/mol. The fourth-order valence-corrected chi connectivity index (χ4v) is 2.55. The molecule has 4 atom stereocenters. The second kappa shape index (κ2) is 3.49. The molecule has 2 rings (SSSR count). The summed E-state index contributed by atoms with van der Waals surface area (Å²) >= 11 is 0. The van der Waals surface area contributed by atoms with Gasteiger partial charge in [-0.1, -0.05) is 27.7 Å². The molecule has 82 valence electrons. The van der Waals surface area contributed by atoms with Gasteiger partial charge in [-0.15, -0.1) is 0 Å². The summed E-state index contributed by atoms with van der Waals surface area (Å²) in [6.45, 7) is 11.1. The Morgan fingerprint density at radius 2 is 2.00 bits per heavy atom. The number of nitrogens with one attached hydrogen (secondary N) is 1. The standard InChI is InChI=1S/C12H23NO/c1-8-5-10(9(8)2)13-11-6-14-7-12(11,3)4/h8-11,13H,5-7H2,1-4H3. The van der Waals surface area contributed by atoms with Crippen LogP contribution in [-0.2, 0) is 4.74 Å². The maximum Gasteiger partial charge on any atom is 0.0626 e. The Balaban J connectivity index is 1.86. The zero-order valence-electron chi connectivity index (χ0n) is 9.84. The molecule has 1 N–H and O–H groups in total. The summed E-state index contributed by atoms with van der Waals surface area (Å²) in [7, 11) is 0. The summed E-state index contributed by atoms with van der Waals surface area (Å²) in [5.74, 6) is 1.74. The molecule has 0 aromatic carbocycles. The van der Waals surface area contributed by atoms with Crippen molar-refractivity contribution in [3.8, 4) is 0 Å². The van der Waals surface area contributed by atoms with Crippen LogP contribution in [0.15, 0.2) is 0 Å². The maximum atomic E-state index is 5.54. The van der Waals surface area contributed by atoms with E-state index in [0.29, 0.717) is 11.5 Å². The molecule has 0 bridgehead atoms. The highest BCUT2D eigenvalue weighted by atomic mass is 16.5. The molecule has 2 nitrogen and oxygen atoms in total. The van der Waals surface area contributed by atoms with E-state index >= 15 is 0 Å². The number of ether oxygens (including phenoxy) is 1. The van der Waals surface area contributed by atoms with Crippen molar-refractivity contribution in [2.45, 2.75) is 46.2 Å². The summed E-state index contributed by atoms with van der Waals surface area (Å²) in [5.41, 5.74) is 0.318. The van der Waals surface area contributed by atoms with Crippen molar-refractivity contribution < 1.29 is 4.74 Å². The zero-order chi connectivity index (χ0) is 10.3. The van der Waals surface area contributed by atoms with Gasteiger partial charge in [0, 0.05) is 17.5 Å². The van der Waals surface area contributed by atoms with Gasteiger partial charge in [0.1, 0.15) is 0 Å². The van der Waals surface area contributed by atoms with E-state index in [-0.39, 0.29) is 0 Å². The Bertz CT molecular complexity index is 214. The molecule has 0 amide bonds. The number of rotatable bonds is 2. The highest BCUT2D eigenvalue weighted by Crippen LogP contribution is 2.36. The topological polar surface area (TPSA) is 21.3 Å². The predicted molar refractivity (Wildman–Crippen MR) is 58.3 cm³/mol. The van der Waals surface area contributed by atoms with E-state index in [1.165, 1.54) is 6.42 Å². The van der Waals surface area contributed by atoms with Gasteiger partial charge in [0.25, 0.3) is 0 Å². The van der Waals surface area contributed by atoms with Gasteiger partial charge in [0.05, 0.1) is 13.2 Å². The molecule has 0 aromatic rings. The third kappa shape index (κ3) is 1.70. The molecule has 2 fully saturated rings. The molecule has 14 heavy (non-hydrogen) atoms. The molecule has 0 radical (unpaired) electrons. The summed E-state index contributed by atoms with van der Waals surface area (Å²) in [4.78, 5) is 0. The monoisotopic (exact) mass is 197 g/mol. The molecule has 2 heteroatoms. The Labute approximate surface area is 87.4 Å². The minimum atomic E-state index is 0.318. The molecular formula is C12H23NO. The lowest BCUT2D eigenvalue weighted by atomic mass is 9.70. The van der Waals surface area contributed by atoms with Crippen LogP contribution < -0.4 is 5.32 Å². The summed E-state index contributed by atoms with van der Waals surface area (Å²) in [5, 5.41) is 3.76. The van der Waals surface area contributed by atoms with Crippen LogP contribution in [0.5, 0.6) is 0 Å². The lowest BCUT2D eigenvalue weighted by molar-refractivity contribution is 0.110. The van der Waals surface area contributed by atoms with Gasteiger partial charge in [0.15, 0.2) is 0 Å². The first-order valence-electron chi connectivity index (χ1n) is 5.84. The van der Waals surface area contributed by atoms with E-state index in [1.807, 2.05) is 0 Å². The van der Waals surface area contributed by atoms with Crippen LogP contribution >= 0.6 is 0 Å². The van der Waals surface area contributed by atoms with Crippen molar-refractivity contribution in [1.29, 1.82) is 0 Å². The minimum absolute atomic E-state index is 0.318. The Morgan fingerprint density at radius 1 is 1.29 bits per heavy atom. The molecule has 1 saturated carbocycles. The molecule has 2 aliphatic rings. The molecule has 1 aliphatic carbocycles. The Morgan fingerprint density at radius 3 is 2.43 bits per heavy atom. The lowest BCUT2D eigenvalue weighted by Crippen LogP contribution is -2.55. The zero-order valence-corrected chi connectivity index (χ0v) is 9.84. The van der Waals surface area contributed by atoms with Crippen molar-refractivity contribution in [3.05, 3.63) is 0 Å². The first kappa shape index (κ1) is 10.4. The Hall–Kier alpha value is -0.0800. The van der Waals surface area contributed by atoms with Crippen LogP contribution in [0.2, 0.25) is 0 Å². The first-order chi connectivity index (χ1) is 6.50. The molecule has 1 saturated heterocycles. The molecule has 4 unspecified atom stereocenters. The lowest BCUT2D eigenvalue weighted by Gasteiger charge is -2.44. The van der Waals surface area contributed by atoms with Gasteiger partial charge >= 0.3 is 0 Å². The van der Waals surface area contributed by atoms with E-state index in [1.54, 1.807) is 0 Å². The van der Waals surface area contributed by atoms with E-state index in [9.17, 15) is 0 Å². The van der Waals surface area contributed by atoms with E-state index in [0.717, 1.165) is 31.1 Å². The van der Waals surface area contributed by atoms with E-state index in [4.69, 9.17) is 4.74 Å². The number of hydrogen-bond donors (Lipinski definition) is 1. The van der Waals surface area contributed by atoms with Crippen LogP contribution in [0.25, 0.3) is 0 Å². The van der Waals surface area contributed by atoms with Crippen LogP contribution in [-0.4, -0.2) is 25.3 Å². The Kier molecular flexibility index (Phi) is 2.61. The maximum absolute atomic E-state index is 5.54. The smallest absolute Gasteiger partial charge is 0.0626 e. The SMILES string of the molecule is CC1CC(NC2COCC2(C)C)C1C. The highest BCUT2D eigenvalue weighted by Gasteiger charge is 2.41. The molecule has 0 spiro atoms. The van der Waals surface area contributed by atoms with Crippen molar-refractivity contribution in [1.82, 2.24) is 5.32 Å². The predicted octanol–water partition coefficient (Wildman–Crippen LogP) is 2.05.